The van der Waals surface area contributed by atoms with E-state index in [9.17, 15) is 4.79 Å². The van der Waals surface area contributed by atoms with Crippen LogP contribution in [0.3, 0.4) is 0 Å². The predicted molar refractivity (Wildman–Crippen MR) is 148 cm³/mol. The van der Waals surface area contributed by atoms with Crippen LogP contribution < -0.4 is 10.3 Å². The number of H-pyrrole nitrogens is 1. The van der Waals surface area contributed by atoms with Gasteiger partial charge in [0.2, 0.25) is 0 Å². The molecule has 1 aliphatic rings. The summed E-state index contributed by atoms with van der Waals surface area (Å²) in [6.07, 6.45) is 5.93. The van der Waals surface area contributed by atoms with Crippen molar-refractivity contribution < 1.29 is 9.15 Å². The second kappa shape index (κ2) is 11.0. The lowest BCUT2D eigenvalue weighted by Gasteiger charge is -2.31. The molecule has 0 spiro atoms. The van der Waals surface area contributed by atoms with Crippen molar-refractivity contribution in [1.82, 2.24) is 30.1 Å². The first kappa shape index (κ1) is 25.3. The number of fused-ring (bicyclic) bond motifs is 1. The normalized spacial score (nSPS) is 14.8. The Kier molecular flexibility index (Phi) is 7.17. The van der Waals surface area contributed by atoms with Crippen LogP contribution in [0.4, 0.5) is 0 Å². The van der Waals surface area contributed by atoms with Crippen LogP contribution in [0.2, 0.25) is 5.02 Å². The van der Waals surface area contributed by atoms with Gasteiger partial charge < -0.3 is 14.1 Å². The highest BCUT2D eigenvalue weighted by atomic mass is 35.5. The molecule has 3 heterocycles. The van der Waals surface area contributed by atoms with Crippen molar-refractivity contribution in [2.24, 2.45) is 0 Å². The van der Waals surface area contributed by atoms with Gasteiger partial charge in [0.1, 0.15) is 17.6 Å². The first-order valence-corrected chi connectivity index (χ1v) is 13.5. The lowest BCUT2D eigenvalue weighted by Crippen LogP contribution is -2.35. The molecule has 2 aromatic carbocycles. The van der Waals surface area contributed by atoms with Gasteiger partial charge in [-0.05, 0) is 77.4 Å². The van der Waals surface area contributed by atoms with Gasteiger partial charge >= 0.3 is 0 Å². The van der Waals surface area contributed by atoms with Crippen molar-refractivity contribution in [3.8, 4) is 5.75 Å². The number of pyridine rings is 1. The monoisotopic (exact) mass is 544 g/mol. The van der Waals surface area contributed by atoms with Crippen LogP contribution in [0.25, 0.3) is 10.9 Å². The van der Waals surface area contributed by atoms with Gasteiger partial charge in [-0.2, -0.15) is 0 Å². The molecule has 0 amide bonds. The summed E-state index contributed by atoms with van der Waals surface area (Å²) < 4.78 is 13.1. The van der Waals surface area contributed by atoms with E-state index >= 15 is 0 Å². The van der Waals surface area contributed by atoms with Crippen molar-refractivity contribution in [3.05, 3.63) is 105 Å². The molecule has 1 atom stereocenters. The fourth-order valence-electron chi connectivity index (χ4n) is 5.49. The fourth-order valence-corrected chi connectivity index (χ4v) is 5.61. The SMILES string of the molecule is COc1ccc2[nH]c(=O)c(C(c3nnnn3C3CCCC3)N(Cc3ccc(Cl)cc3)Cc3ccco3)cc2c1. The first-order chi connectivity index (χ1) is 19.1. The molecular weight excluding hydrogens is 516 g/mol. The Bertz CT molecular complexity index is 1610. The molecule has 9 nitrogen and oxygen atoms in total. The van der Waals surface area contributed by atoms with Crippen LogP contribution in [0.1, 0.15) is 60.5 Å². The Balaban J connectivity index is 1.53. The van der Waals surface area contributed by atoms with Gasteiger partial charge in [0.05, 0.1) is 26.0 Å². The van der Waals surface area contributed by atoms with E-state index in [-0.39, 0.29) is 11.6 Å². The van der Waals surface area contributed by atoms with E-state index in [1.165, 1.54) is 0 Å². The quantitative estimate of drug-likeness (QED) is 0.255. The second-order valence-corrected chi connectivity index (χ2v) is 10.4. The van der Waals surface area contributed by atoms with E-state index in [0.29, 0.717) is 35.2 Å². The van der Waals surface area contributed by atoms with E-state index in [0.717, 1.165) is 47.9 Å². The minimum absolute atomic E-state index is 0.193. The molecule has 1 N–H and O–H groups in total. The predicted octanol–water partition coefficient (Wildman–Crippen LogP) is 5.68. The van der Waals surface area contributed by atoms with Crippen LogP contribution in [-0.2, 0) is 13.1 Å². The summed E-state index contributed by atoms with van der Waals surface area (Å²) in [5.41, 5.74) is 2.12. The number of nitrogens with zero attached hydrogens (tertiary/aromatic N) is 5. The summed E-state index contributed by atoms with van der Waals surface area (Å²) in [7, 11) is 1.63. The van der Waals surface area contributed by atoms with E-state index in [2.05, 4.69) is 25.4 Å². The molecule has 1 saturated carbocycles. The Labute approximate surface area is 230 Å². The number of aromatic nitrogens is 5. The molecule has 6 rings (SSSR count). The minimum Gasteiger partial charge on any atom is -0.497 e. The molecule has 39 heavy (non-hydrogen) atoms. The highest BCUT2D eigenvalue weighted by Gasteiger charge is 2.34. The molecule has 0 saturated heterocycles. The number of benzene rings is 2. The third kappa shape index (κ3) is 5.32. The van der Waals surface area contributed by atoms with E-state index in [1.807, 2.05) is 65.3 Å². The van der Waals surface area contributed by atoms with Crippen molar-refractivity contribution in [1.29, 1.82) is 0 Å². The van der Waals surface area contributed by atoms with Crippen molar-refractivity contribution >= 4 is 22.5 Å². The summed E-state index contributed by atoms with van der Waals surface area (Å²) in [6, 6.07) is 18.7. The van der Waals surface area contributed by atoms with Gasteiger partial charge in [-0.25, -0.2) is 4.68 Å². The molecule has 5 aromatic rings. The van der Waals surface area contributed by atoms with Gasteiger partial charge in [-0.3, -0.25) is 9.69 Å². The summed E-state index contributed by atoms with van der Waals surface area (Å²) in [5, 5.41) is 14.6. The van der Waals surface area contributed by atoms with Gasteiger partial charge in [0.25, 0.3) is 5.56 Å². The number of halogens is 1. The molecule has 200 valence electrons. The molecule has 10 heteroatoms. The zero-order valence-corrected chi connectivity index (χ0v) is 22.3. The van der Waals surface area contributed by atoms with Crippen LogP contribution in [-0.4, -0.2) is 37.2 Å². The molecule has 0 bridgehead atoms. The molecule has 1 fully saturated rings. The molecule has 0 radical (unpaired) electrons. The number of methoxy groups -OCH3 is 1. The summed E-state index contributed by atoms with van der Waals surface area (Å²) in [5.74, 6) is 2.12. The molecule has 3 aromatic heterocycles. The van der Waals surface area contributed by atoms with Crippen molar-refractivity contribution in [2.45, 2.75) is 50.9 Å². The van der Waals surface area contributed by atoms with Gasteiger partial charge in [0, 0.05) is 28.0 Å². The maximum atomic E-state index is 13.7. The number of rotatable bonds is 9. The Morgan fingerprint density at radius 3 is 2.69 bits per heavy atom. The third-order valence-corrected chi connectivity index (χ3v) is 7.66. The number of hydrogen-bond acceptors (Lipinski definition) is 7. The Morgan fingerprint density at radius 1 is 1.13 bits per heavy atom. The molecule has 1 aliphatic carbocycles. The number of hydrogen-bond donors (Lipinski definition) is 1. The Hall–Kier alpha value is -3.95. The average molecular weight is 545 g/mol. The first-order valence-electron chi connectivity index (χ1n) is 13.1. The number of aromatic amines is 1. The number of tetrazole rings is 1. The smallest absolute Gasteiger partial charge is 0.253 e. The topological polar surface area (TPSA) is 102 Å². The van der Waals surface area contributed by atoms with Gasteiger partial charge in [-0.1, -0.05) is 36.6 Å². The summed E-state index contributed by atoms with van der Waals surface area (Å²) in [4.78, 5) is 19.0. The number of nitrogens with one attached hydrogen (secondary N) is 1. The zero-order chi connectivity index (χ0) is 26.8. The van der Waals surface area contributed by atoms with E-state index in [4.69, 9.17) is 20.8 Å². The third-order valence-electron chi connectivity index (χ3n) is 7.41. The van der Waals surface area contributed by atoms with Crippen molar-refractivity contribution in [3.63, 3.8) is 0 Å². The van der Waals surface area contributed by atoms with E-state index < -0.39 is 6.04 Å². The van der Waals surface area contributed by atoms with E-state index in [1.54, 1.807) is 13.4 Å². The zero-order valence-electron chi connectivity index (χ0n) is 21.6. The minimum atomic E-state index is -0.555. The highest BCUT2D eigenvalue weighted by Crippen LogP contribution is 2.35. The second-order valence-electron chi connectivity index (χ2n) is 9.94. The van der Waals surface area contributed by atoms with Crippen LogP contribution in [0, 0.1) is 0 Å². The lowest BCUT2D eigenvalue weighted by molar-refractivity contribution is 0.176. The summed E-state index contributed by atoms with van der Waals surface area (Å²) in [6.45, 7) is 0.947. The molecule has 1 unspecified atom stereocenters. The van der Waals surface area contributed by atoms with Gasteiger partial charge in [-0.15, -0.1) is 5.10 Å². The van der Waals surface area contributed by atoms with Crippen LogP contribution >= 0.6 is 11.6 Å². The van der Waals surface area contributed by atoms with Gasteiger partial charge in [0.15, 0.2) is 5.82 Å². The number of furan rings is 1. The van der Waals surface area contributed by atoms with Crippen LogP contribution in [0.5, 0.6) is 5.75 Å². The molecule has 0 aliphatic heterocycles. The fraction of sp³-hybridized carbons (Fsp3) is 0.310. The lowest BCUT2D eigenvalue weighted by atomic mass is 10.0. The number of ether oxygens (including phenoxy) is 1. The van der Waals surface area contributed by atoms with Crippen LogP contribution in [0.15, 0.2) is 76.1 Å². The maximum absolute atomic E-state index is 13.7. The largest absolute Gasteiger partial charge is 0.497 e. The standard InChI is InChI=1S/C29H29ClN6O3/c1-38-23-12-13-26-20(15-23)16-25(29(37)31-26)27(28-32-33-34-36(28)22-5-2-3-6-22)35(18-24-7-4-14-39-24)17-19-8-10-21(30)11-9-19/h4,7-16,22,27H,2-3,5-6,17-18H2,1H3,(H,31,37). The van der Waals surface area contributed by atoms with Crippen molar-refractivity contribution in [2.75, 3.05) is 7.11 Å². The Morgan fingerprint density at radius 2 is 1.95 bits per heavy atom. The molecular formula is C29H29ClN6O3. The maximum Gasteiger partial charge on any atom is 0.253 e. The summed E-state index contributed by atoms with van der Waals surface area (Å²) >= 11 is 6.18. The average Bonchev–Trinajstić information content (AvgIpc) is 3.73. The highest BCUT2D eigenvalue weighted by molar-refractivity contribution is 6.30.